The minimum atomic E-state index is 0.0520. The molecule has 0 radical (unpaired) electrons. The molecule has 0 saturated heterocycles. The molecule has 0 saturated carbocycles. The molecule has 2 heteroatoms. The number of carbonyl (C=O) groups is 1. The number of hydrogen-bond acceptors (Lipinski definition) is 1. The van der Waals surface area contributed by atoms with E-state index in [1.807, 2.05) is 55.5 Å². The van der Waals surface area contributed by atoms with Gasteiger partial charge in [-0.1, -0.05) is 51.8 Å². The van der Waals surface area contributed by atoms with Crippen LogP contribution in [0.1, 0.15) is 21.5 Å². The fourth-order valence-corrected chi connectivity index (χ4v) is 2.05. The van der Waals surface area contributed by atoms with Crippen LogP contribution in [0.5, 0.6) is 0 Å². The summed E-state index contributed by atoms with van der Waals surface area (Å²) in [5, 5.41) is 0. The summed E-state index contributed by atoms with van der Waals surface area (Å²) in [5.74, 6) is 0.0520. The third-order valence-electron chi connectivity index (χ3n) is 2.40. The van der Waals surface area contributed by atoms with Gasteiger partial charge in [-0.2, -0.15) is 0 Å². The first-order valence-corrected chi connectivity index (χ1v) is 5.83. The zero-order valence-corrected chi connectivity index (χ0v) is 10.5. The summed E-state index contributed by atoms with van der Waals surface area (Å²) >= 11 is 3.39. The average Bonchev–Trinajstić information content (AvgIpc) is 2.29. The molecule has 0 unspecified atom stereocenters. The van der Waals surface area contributed by atoms with E-state index in [0.29, 0.717) is 5.56 Å². The molecule has 0 atom stereocenters. The van der Waals surface area contributed by atoms with Crippen LogP contribution in [0, 0.1) is 6.92 Å². The predicted octanol–water partition coefficient (Wildman–Crippen LogP) is 3.99. The lowest BCUT2D eigenvalue weighted by molar-refractivity contribution is 0.103. The van der Waals surface area contributed by atoms with Crippen molar-refractivity contribution >= 4 is 21.7 Å². The van der Waals surface area contributed by atoms with Crippen LogP contribution in [0.15, 0.2) is 53.0 Å². The SMILES string of the molecule is Cc1cccc(C(=O)c2ccccc2Br)c1. The monoisotopic (exact) mass is 274 g/mol. The molecule has 0 N–H and O–H groups in total. The van der Waals surface area contributed by atoms with Gasteiger partial charge >= 0.3 is 0 Å². The molecule has 0 aliphatic rings. The lowest BCUT2D eigenvalue weighted by atomic mass is 10.0. The van der Waals surface area contributed by atoms with Crippen LogP contribution in [-0.2, 0) is 0 Å². The van der Waals surface area contributed by atoms with Gasteiger partial charge in [0.25, 0.3) is 0 Å². The Balaban J connectivity index is 2.44. The van der Waals surface area contributed by atoms with Crippen molar-refractivity contribution in [1.29, 1.82) is 0 Å². The summed E-state index contributed by atoms with van der Waals surface area (Å²) < 4.78 is 0.835. The summed E-state index contributed by atoms with van der Waals surface area (Å²) in [4.78, 5) is 12.2. The Hall–Kier alpha value is -1.41. The minimum Gasteiger partial charge on any atom is -0.289 e. The molecule has 0 fully saturated rings. The third-order valence-corrected chi connectivity index (χ3v) is 3.09. The van der Waals surface area contributed by atoms with Gasteiger partial charge in [-0.15, -0.1) is 0 Å². The first kappa shape index (κ1) is 11.1. The zero-order chi connectivity index (χ0) is 11.5. The second-order valence-electron chi connectivity index (χ2n) is 3.68. The van der Waals surface area contributed by atoms with E-state index in [1.165, 1.54) is 0 Å². The highest BCUT2D eigenvalue weighted by Gasteiger charge is 2.11. The average molecular weight is 275 g/mol. The predicted molar refractivity (Wildman–Crippen MR) is 68.8 cm³/mol. The maximum Gasteiger partial charge on any atom is 0.194 e. The molecule has 16 heavy (non-hydrogen) atoms. The van der Waals surface area contributed by atoms with E-state index < -0.39 is 0 Å². The van der Waals surface area contributed by atoms with Crippen molar-refractivity contribution in [3.05, 3.63) is 69.7 Å². The van der Waals surface area contributed by atoms with E-state index in [4.69, 9.17) is 0 Å². The van der Waals surface area contributed by atoms with Gasteiger partial charge in [-0.05, 0) is 25.1 Å². The molecule has 0 bridgehead atoms. The Morgan fingerprint density at radius 2 is 1.81 bits per heavy atom. The molecule has 2 rings (SSSR count). The quantitative estimate of drug-likeness (QED) is 0.757. The van der Waals surface area contributed by atoms with E-state index in [2.05, 4.69) is 15.9 Å². The maximum absolute atomic E-state index is 12.2. The molecular weight excluding hydrogens is 264 g/mol. The minimum absolute atomic E-state index is 0.0520. The van der Waals surface area contributed by atoms with Crippen molar-refractivity contribution < 1.29 is 4.79 Å². The molecule has 2 aromatic carbocycles. The van der Waals surface area contributed by atoms with Gasteiger partial charge in [-0.25, -0.2) is 0 Å². The van der Waals surface area contributed by atoms with E-state index in [-0.39, 0.29) is 5.78 Å². The number of halogens is 1. The molecular formula is C14H11BrO. The van der Waals surface area contributed by atoms with E-state index in [1.54, 1.807) is 0 Å². The summed E-state index contributed by atoms with van der Waals surface area (Å²) in [6.07, 6.45) is 0. The van der Waals surface area contributed by atoms with Gasteiger partial charge < -0.3 is 0 Å². The van der Waals surface area contributed by atoms with Gasteiger partial charge in [0.15, 0.2) is 5.78 Å². The molecule has 0 amide bonds. The summed E-state index contributed by atoms with van der Waals surface area (Å²) in [6, 6.07) is 15.1. The van der Waals surface area contributed by atoms with Crippen LogP contribution in [0.2, 0.25) is 0 Å². The number of rotatable bonds is 2. The van der Waals surface area contributed by atoms with Crippen molar-refractivity contribution in [1.82, 2.24) is 0 Å². The maximum atomic E-state index is 12.2. The van der Waals surface area contributed by atoms with Crippen LogP contribution in [-0.4, -0.2) is 5.78 Å². The van der Waals surface area contributed by atoms with Gasteiger partial charge in [-0.3, -0.25) is 4.79 Å². The van der Waals surface area contributed by atoms with E-state index >= 15 is 0 Å². The Bertz CT molecular complexity index is 532. The first-order chi connectivity index (χ1) is 7.68. The highest BCUT2D eigenvalue weighted by Crippen LogP contribution is 2.20. The second-order valence-corrected chi connectivity index (χ2v) is 4.53. The normalized spacial score (nSPS) is 10.1. The second kappa shape index (κ2) is 4.62. The highest BCUT2D eigenvalue weighted by atomic mass is 79.9. The van der Waals surface area contributed by atoms with Crippen molar-refractivity contribution in [2.75, 3.05) is 0 Å². The Morgan fingerprint density at radius 3 is 2.50 bits per heavy atom. The van der Waals surface area contributed by atoms with Crippen LogP contribution in [0.3, 0.4) is 0 Å². The standard InChI is InChI=1S/C14H11BrO/c1-10-5-4-6-11(9-10)14(16)12-7-2-3-8-13(12)15/h2-9H,1H3. The van der Waals surface area contributed by atoms with Crippen LogP contribution >= 0.6 is 15.9 Å². The van der Waals surface area contributed by atoms with Crippen LogP contribution < -0.4 is 0 Å². The first-order valence-electron chi connectivity index (χ1n) is 5.04. The van der Waals surface area contributed by atoms with E-state index in [0.717, 1.165) is 15.6 Å². The molecule has 80 valence electrons. The number of aryl methyl sites for hydroxylation is 1. The molecule has 0 heterocycles. The number of carbonyl (C=O) groups excluding carboxylic acids is 1. The molecule has 0 aliphatic carbocycles. The lowest BCUT2D eigenvalue weighted by Crippen LogP contribution is -2.02. The fraction of sp³-hybridized carbons (Fsp3) is 0.0714. The summed E-state index contributed by atoms with van der Waals surface area (Å²) in [7, 11) is 0. The van der Waals surface area contributed by atoms with Gasteiger partial charge in [0, 0.05) is 15.6 Å². The van der Waals surface area contributed by atoms with Gasteiger partial charge in [0.2, 0.25) is 0 Å². The van der Waals surface area contributed by atoms with Crippen LogP contribution in [0.4, 0.5) is 0 Å². The molecule has 1 nitrogen and oxygen atoms in total. The number of benzene rings is 2. The highest BCUT2D eigenvalue weighted by molar-refractivity contribution is 9.10. The van der Waals surface area contributed by atoms with Crippen molar-refractivity contribution in [3.63, 3.8) is 0 Å². The summed E-state index contributed by atoms with van der Waals surface area (Å²) in [5.41, 5.74) is 2.53. The zero-order valence-electron chi connectivity index (χ0n) is 8.91. The molecule has 0 spiro atoms. The third kappa shape index (κ3) is 2.22. The lowest BCUT2D eigenvalue weighted by Gasteiger charge is -2.04. The molecule has 0 aromatic heterocycles. The molecule has 2 aromatic rings. The van der Waals surface area contributed by atoms with Crippen molar-refractivity contribution in [2.24, 2.45) is 0 Å². The molecule has 0 aliphatic heterocycles. The van der Waals surface area contributed by atoms with Crippen molar-refractivity contribution in [3.8, 4) is 0 Å². The Kier molecular flexibility index (Phi) is 3.20. The van der Waals surface area contributed by atoms with Gasteiger partial charge in [0.1, 0.15) is 0 Å². The smallest absolute Gasteiger partial charge is 0.194 e. The Morgan fingerprint density at radius 1 is 1.06 bits per heavy atom. The number of hydrogen-bond donors (Lipinski definition) is 0. The van der Waals surface area contributed by atoms with Gasteiger partial charge in [0.05, 0.1) is 0 Å². The Labute approximate surface area is 103 Å². The number of ketones is 1. The van der Waals surface area contributed by atoms with Crippen LogP contribution in [0.25, 0.3) is 0 Å². The fourth-order valence-electron chi connectivity index (χ4n) is 1.59. The van der Waals surface area contributed by atoms with Crippen molar-refractivity contribution in [2.45, 2.75) is 6.92 Å². The largest absolute Gasteiger partial charge is 0.289 e. The topological polar surface area (TPSA) is 17.1 Å². The summed E-state index contributed by atoms with van der Waals surface area (Å²) in [6.45, 7) is 1.98. The van der Waals surface area contributed by atoms with E-state index in [9.17, 15) is 4.79 Å².